The highest BCUT2D eigenvalue weighted by Gasteiger charge is 2.18. The molecule has 4 heteroatoms. The van der Waals surface area contributed by atoms with E-state index in [2.05, 4.69) is 10.6 Å². The van der Waals surface area contributed by atoms with Crippen LogP contribution in [-0.2, 0) is 16.0 Å². The second-order valence-corrected chi connectivity index (χ2v) is 4.87. The largest absolute Gasteiger partial charge is 0.348 e. The maximum atomic E-state index is 12.0. The zero-order valence-electron chi connectivity index (χ0n) is 11.8. The van der Waals surface area contributed by atoms with Crippen LogP contribution in [0, 0.1) is 5.92 Å². The Labute approximate surface area is 114 Å². The number of likely N-dealkylation sites (N-methyl/N-ethyl adjacent to an activating group) is 1. The fraction of sp³-hybridized carbons (Fsp3) is 0.467. The Balaban J connectivity index is 2.50. The minimum absolute atomic E-state index is 0.0444. The molecule has 0 saturated carbocycles. The summed E-state index contributed by atoms with van der Waals surface area (Å²) >= 11 is 0. The third kappa shape index (κ3) is 5.22. The lowest BCUT2D eigenvalue weighted by Gasteiger charge is -2.16. The number of carbonyl (C=O) groups is 2. The van der Waals surface area contributed by atoms with Gasteiger partial charge in [-0.05, 0) is 19.0 Å². The second kappa shape index (κ2) is 7.69. The molecule has 1 amide bonds. The SMILES string of the molecule is CNC(Cc1ccccc1)C(=O)NCC(=O)C(C)C. The van der Waals surface area contributed by atoms with Crippen molar-refractivity contribution in [2.45, 2.75) is 26.3 Å². The fourth-order valence-electron chi connectivity index (χ4n) is 1.68. The summed E-state index contributed by atoms with van der Waals surface area (Å²) in [5.41, 5.74) is 1.09. The van der Waals surface area contributed by atoms with Gasteiger partial charge in [-0.2, -0.15) is 0 Å². The van der Waals surface area contributed by atoms with Crippen LogP contribution in [-0.4, -0.2) is 31.3 Å². The van der Waals surface area contributed by atoms with Crippen molar-refractivity contribution in [1.82, 2.24) is 10.6 Å². The summed E-state index contributed by atoms with van der Waals surface area (Å²) in [7, 11) is 1.75. The number of nitrogens with one attached hydrogen (secondary N) is 2. The first-order valence-corrected chi connectivity index (χ1v) is 6.56. The minimum atomic E-state index is -0.317. The number of carbonyl (C=O) groups excluding carboxylic acids is 2. The third-order valence-corrected chi connectivity index (χ3v) is 3.03. The summed E-state index contributed by atoms with van der Waals surface area (Å²) in [4.78, 5) is 23.5. The highest BCUT2D eigenvalue weighted by molar-refractivity contribution is 5.89. The second-order valence-electron chi connectivity index (χ2n) is 4.87. The topological polar surface area (TPSA) is 58.2 Å². The lowest BCUT2D eigenvalue weighted by atomic mass is 10.1. The molecular weight excluding hydrogens is 240 g/mol. The fourth-order valence-corrected chi connectivity index (χ4v) is 1.68. The van der Waals surface area contributed by atoms with Gasteiger partial charge in [0.05, 0.1) is 12.6 Å². The lowest BCUT2D eigenvalue weighted by Crippen LogP contribution is -2.45. The summed E-state index contributed by atoms with van der Waals surface area (Å²) in [5, 5.41) is 5.66. The molecule has 4 nitrogen and oxygen atoms in total. The summed E-state index contributed by atoms with van der Waals surface area (Å²) < 4.78 is 0. The molecule has 0 radical (unpaired) electrons. The van der Waals surface area contributed by atoms with E-state index in [0.717, 1.165) is 5.56 Å². The van der Waals surface area contributed by atoms with Crippen LogP contribution in [0.4, 0.5) is 0 Å². The van der Waals surface area contributed by atoms with E-state index in [9.17, 15) is 9.59 Å². The van der Waals surface area contributed by atoms with Crippen LogP contribution in [0.25, 0.3) is 0 Å². The molecule has 1 unspecified atom stereocenters. The van der Waals surface area contributed by atoms with E-state index in [1.54, 1.807) is 7.05 Å². The van der Waals surface area contributed by atoms with Crippen LogP contribution < -0.4 is 10.6 Å². The van der Waals surface area contributed by atoms with Crippen molar-refractivity contribution in [3.8, 4) is 0 Å². The first-order valence-electron chi connectivity index (χ1n) is 6.56. The normalized spacial score (nSPS) is 12.2. The van der Waals surface area contributed by atoms with Crippen LogP contribution in [0.15, 0.2) is 30.3 Å². The molecule has 1 aromatic carbocycles. The molecule has 0 heterocycles. The van der Waals surface area contributed by atoms with Gasteiger partial charge < -0.3 is 10.6 Å². The van der Waals surface area contributed by atoms with E-state index >= 15 is 0 Å². The number of amides is 1. The Hall–Kier alpha value is -1.68. The van der Waals surface area contributed by atoms with Crippen molar-refractivity contribution in [3.05, 3.63) is 35.9 Å². The van der Waals surface area contributed by atoms with Gasteiger partial charge in [-0.15, -0.1) is 0 Å². The standard InChI is InChI=1S/C15H22N2O2/c1-11(2)14(18)10-17-15(19)13(16-3)9-12-7-5-4-6-8-12/h4-8,11,13,16H,9-10H2,1-3H3,(H,17,19). The molecule has 0 bridgehead atoms. The molecule has 19 heavy (non-hydrogen) atoms. The number of ketones is 1. The van der Waals surface area contributed by atoms with Crippen molar-refractivity contribution >= 4 is 11.7 Å². The Bertz CT molecular complexity index is 415. The quantitative estimate of drug-likeness (QED) is 0.775. The summed E-state index contributed by atoms with van der Waals surface area (Å²) in [6.07, 6.45) is 0.610. The molecule has 104 valence electrons. The number of Topliss-reactive ketones (excluding diaryl/α,β-unsaturated/α-hetero) is 1. The van der Waals surface area contributed by atoms with Gasteiger partial charge in [0.15, 0.2) is 5.78 Å². The van der Waals surface area contributed by atoms with Gasteiger partial charge in [0, 0.05) is 5.92 Å². The van der Waals surface area contributed by atoms with Crippen LogP contribution in [0.3, 0.4) is 0 Å². The maximum Gasteiger partial charge on any atom is 0.237 e. The summed E-state index contributed by atoms with van der Waals surface area (Å²) in [6.45, 7) is 3.76. The molecule has 2 N–H and O–H groups in total. The Morgan fingerprint density at radius 1 is 1.16 bits per heavy atom. The van der Waals surface area contributed by atoms with Crippen LogP contribution in [0.5, 0.6) is 0 Å². The Kier molecular flexibility index (Phi) is 6.22. The molecule has 1 atom stereocenters. The lowest BCUT2D eigenvalue weighted by molar-refractivity contribution is -0.127. The number of rotatable bonds is 7. The zero-order valence-corrected chi connectivity index (χ0v) is 11.8. The van der Waals surface area contributed by atoms with E-state index in [4.69, 9.17) is 0 Å². The monoisotopic (exact) mass is 262 g/mol. The van der Waals surface area contributed by atoms with E-state index in [1.165, 1.54) is 0 Å². The highest BCUT2D eigenvalue weighted by Crippen LogP contribution is 2.03. The first-order chi connectivity index (χ1) is 9.04. The highest BCUT2D eigenvalue weighted by atomic mass is 16.2. The van der Waals surface area contributed by atoms with E-state index in [0.29, 0.717) is 6.42 Å². The van der Waals surface area contributed by atoms with Gasteiger partial charge in [-0.1, -0.05) is 44.2 Å². The Morgan fingerprint density at radius 2 is 1.79 bits per heavy atom. The van der Waals surface area contributed by atoms with Gasteiger partial charge in [0.2, 0.25) is 5.91 Å². The molecule has 0 spiro atoms. The van der Waals surface area contributed by atoms with Gasteiger partial charge in [-0.3, -0.25) is 9.59 Å². The van der Waals surface area contributed by atoms with Crippen molar-refractivity contribution < 1.29 is 9.59 Å². The van der Waals surface area contributed by atoms with Crippen molar-refractivity contribution in [3.63, 3.8) is 0 Å². The number of hydrogen-bond donors (Lipinski definition) is 2. The molecule has 0 aliphatic rings. The zero-order chi connectivity index (χ0) is 14.3. The van der Waals surface area contributed by atoms with Gasteiger partial charge >= 0.3 is 0 Å². The molecule has 1 rings (SSSR count). The van der Waals surface area contributed by atoms with Crippen molar-refractivity contribution in [2.24, 2.45) is 5.92 Å². The van der Waals surface area contributed by atoms with E-state index in [-0.39, 0.29) is 30.2 Å². The summed E-state index contributed by atoms with van der Waals surface area (Å²) in [6, 6.07) is 9.49. The average molecular weight is 262 g/mol. The van der Waals surface area contributed by atoms with E-state index < -0.39 is 0 Å². The number of benzene rings is 1. The molecular formula is C15H22N2O2. The molecule has 0 aliphatic carbocycles. The molecule has 0 aliphatic heterocycles. The molecule has 0 fully saturated rings. The van der Waals surface area contributed by atoms with Crippen LogP contribution in [0.1, 0.15) is 19.4 Å². The average Bonchev–Trinajstić information content (AvgIpc) is 2.42. The van der Waals surface area contributed by atoms with Crippen molar-refractivity contribution in [2.75, 3.05) is 13.6 Å². The first kappa shape index (κ1) is 15.4. The van der Waals surface area contributed by atoms with Gasteiger partial charge in [0.25, 0.3) is 0 Å². The van der Waals surface area contributed by atoms with Crippen LogP contribution in [0.2, 0.25) is 0 Å². The minimum Gasteiger partial charge on any atom is -0.348 e. The smallest absolute Gasteiger partial charge is 0.237 e. The van der Waals surface area contributed by atoms with Gasteiger partial charge in [0.1, 0.15) is 0 Å². The molecule has 1 aromatic rings. The predicted molar refractivity (Wildman–Crippen MR) is 75.8 cm³/mol. The van der Waals surface area contributed by atoms with E-state index in [1.807, 2.05) is 44.2 Å². The third-order valence-electron chi connectivity index (χ3n) is 3.03. The molecule has 0 aromatic heterocycles. The van der Waals surface area contributed by atoms with Gasteiger partial charge in [-0.25, -0.2) is 0 Å². The van der Waals surface area contributed by atoms with Crippen molar-refractivity contribution in [1.29, 1.82) is 0 Å². The Morgan fingerprint density at radius 3 is 2.32 bits per heavy atom. The summed E-state index contributed by atoms with van der Waals surface area (Å²) in [5.74, 6) is -0.147. The number of hydrogen-bond acceptors (Lipinski definition) is 3. The van der Waals surface area contributed by atoms with Crippen LogP contribution >= 0.6 is 0 Å². The maximum absolute atomic E-state index is 12.0. The molecule has 0 saturated heterocycles. The predicted octanol–water partition coefficient (Wildman–Crippen LogP) is 1.16.